The van der Waals surface area contributed by atoms with Crippen LogP contribution in [0.4, 0.5) is 11.8 Å². The topological polar surface area (TPSA) is 91.0 Å². The number of fused-ring (bicyclic) bond motifs is 1. The Balaban J connectivity index is 1.32. The highest BCUT2D eigenvalue weighted by atomic mass is 16.5. The molecule has 29 heavy (non-hydrogen) atoms. The minimum atomic E-state index is 0.478. The molecule has 2 aromatic rings. The summed E-state index contributed by atoms with van der Waals surface area (Å²) in [4.78, 5) is 19.3. The van der Waals surface area contributed by atoms with Gasteiger partial charge in [0.1, 0.15) is 5.52 Å². The fourth-order valence-electron chi connectivity index (χ4n) is 4.42. The van der Waals surface area contributed by atoms with Crippen LogP contribution in [0, 0.1) is 0 Å². The average molecular weight is 396 g/mol. The van der Waals surface area contributed by atoms with Crippen molar-refractivity contribution >= 4 is 22.9 Å². The Morgan fingerprint density at radius 2 is 1.90 bits per heavy atom. The highest BCUT2D eigenvalue weighted by molar-refractivity contribution is 5.84. The zero-order valence-corrected chi connectivity index (χ0v) is 16.8. The van der Waals surface area contributed by atoms with E-state index in [1.54, 1.807) is 6.33 Å². The normalized spacial score (nSPS) is 21.0. The van der Waals surface area contributed by atoms with Crippen LogP contribution >= 0.6 is 0 Å². The number of ether oxygens (including phenoxy) is 1. The molecule has 0 spiro atoms. The summed E-state index contributed by atoms with van der Waals surface area (Å²) in [6, 6.07) is 0.478. The van der Waals surface area contributed by atoms with Gasteiger partial charge in [0.2, 0.25) is 5.95 Å². The number of aromatic amines is 1. The van der Waals surface area contributed by atoms with Gasteiger partial charge in [-0.15, -0.1) is 0 Å². The van der Waals surface area contributed by atoms with E-state index in [9.17, 15) is 0 Å². The Morgan fingerprint density at radius 1 is 1.03 bits per heavy atom. The van der Waals surface area contributed by atoms with Crippen molar-refractivity contribution in [3.8, 4) is 0 Å². The van der Waals surface area contributed by atoms with E-state index >= 15 is 0 Å². The number of hydrogen-bond acceptors (Lipinski definition) is 7. The number of imidazole rings is 1. The monoisotopic (exact) mass is 395 g/mol. The van der Waals surface area contributed by atoms with Crippen molar-refractivity contribution in [3.05, 3.63) is 29.9 Å². The van der Waals surface area contributed by atoms with Crippen LogP contribution in [-0.4, -0.2) is 57.2 Å². The van der Waals surface area contributed by atoms with Gasteiger partial charge in [-0.05, 0) is 37.8 Å². The van der Waals surface area contributed by atoms with Crippen molar-refractivity contribution in [2.24, 2.45) is 0 Å². The molecule has 8 nitrogen and oxygen atoms in total. The van der Waals surface area contributed by atoms with E-state index in [4.69, 9.17) is 9.72 Å². The number of allylic oxidation sites excluding steroid dienone is 4. The third kappa shape index (κ3) is 4.22. The quantitative estimate of drug-likeness (QED) is 0.715. The van der Waals surface area contributed by atoms with Crippen molar-refractivity contribution in [2.75, 3.05) is 36.9 Å². The zero-order valence-electron chi connectivity index (χ0n) is 16.8. The molecule has 8 heteroatoms. The van der Waals surface area contributed by atoms with Gasteiger partial charge in [-0.25, -0.2) is 4.98 Å². The van der Waals surface area contributed by atoms with E-state index in [0.717, 1.165) is 56.2 Å². The Labute approximate surface area is 170 Å². The summed E-state index contributed by atoms with van der Waals surface area (Å²) < 4.78 is 5.46. The molecule has 0 unspecified atom stereocenters. The van der Waals surface area contributed by atoms with E-state index in [1.165, 1.54) is 37.8 Å². The lowest BCUT2D eigenvalue weighted by molar-refractivity contribution is 0.0520. The maximum absolute atomic E-state index is 5.46. The van der Waals surface area contributed by atoms with Crippen molar-refractivity contribution in [2.45, 2.75) is 51.0 Å². The third-order valence-electron chi connectivity index (χ3n) is 6.05. The molecule has 0 bridgehead atoms. The van der Waals surface area contributed by atoms with Crippen molar-refractivity contribution in [1.82, 2.24) is 24.8 Å². The molecule has 3 aliphatic rings. The first-order valence-corrected chi connectivity index (χ1v) is 10.8. The van der Waals surface area contributed by atoms with Gasteiger partial charge in [0, 0.05) is 30.5 Å². The Bertz CT molecular complexity index is 907. The smallest absolute Gasteiger partial charge is 0.231 e. The van der Waals surface area contributed by atoms with Gasteiger partial charge in [-0.3, -0.25) is 0 Å². The minimum Gasteiger partial charge on any atom is -0.378 e. The predicted molar refractivity (Wildman–Crippen MR) is 114 cm³/mol. The summed E-state index contributed by atoms with van der Waals surface area (Å²) >= 11 is 0. The second kappa shape index (κ2) is 8.41. The van der Waals surface area contributed by atoms with Gasteiger partial charge < -0.3 is 25.3 Å². The van der Waals surface area contributed by atoms with E-state index in [-0.39, 0.29) is 0 Å². The molecule has 2 aromatic heterocycles. The number of morpholine rings is 1. The number of anilines is 2. The number of H-pyrrole nitrogens is 1. The molecule has 3 heterocycles. The first-order chi connectivity index (χ1) is 14.3. The molecular weight excluding hydrogens is 366 g/mol. The average Bonchev–Trinajstić information content (AvgIpc) is 3.25. The standard InChI is InChI=1S/C21H29N7O/c1-2-4-15(5-3-1)24-20-18-19(23-14-22-18)26-21(27-20)25-16-6-8-17(9-7-16)28-10-12-29-13-11-28/h6,8,14-15H,1-5,7,9-13H2,(H3,22,23,24,25,26,27). The number of hydrogen-bond donors (Lipinski definition) is 3. The van der Waals surface area contributed by atoms with Gasteiger partial charge in [-0.2, -0.15) is 9.97 Å². The molecule has 0 atom stereocenters. The SMILES string of the molecule is C1=C(Nc2nc(NC3CCCCC3)c3[nH]cnc3n2)CCC(N2CCOCC2)=C1. The molecule has 1 saturated heterocycles. The Kier molecular flexibility index (Phi) is 5.34. The van der Waals surface area contributed by atoms with Crippen LogP contribution < -0.4 is 10.6 Å². The summed E-state index contributed by atoms with van der Waals surface area (Å²) in [6.07, 6.45) is 14.3. The number of nitrogens with one attached hydrogen (secondary N) is 3. The molecule has 1 aliphatic heterocycles. The highest BCUT2D eigenvalue weighted by Crippen LogP contribution is 2.27. The number of nitrogens with zero attached hydrogens (tertiary/aromatic N) is 4. The van der Waals surface area contributed by atoms with Gasteiger partial charge in [0.05, 0.1) is 19.5 Å². The predicted octanol–water partition coefficient (Wildman–Crippen LogP) is 3.40. The highest BCUT2D eigenvalue weighted by Gasteiger charge is 2.19. The van der Waals surface area contributed by atoms with E-state index in [0.29, 0.717) is 17.6 Å². The molecule has 3 N–H and O–H groups in total. The molecule has 0 amide bonds. The molecule has 1 saturated carbocycles. The number of rotatable bonds is 5. The van der Waals surface area contributed by atoms with Crippen LogP contribution in [0.15, 0.2) is 29.9 Å². The van der Waals surface area contributed by atoms with E-state index in [2.05, 4.69) is 42.6 Å². The van der Waals surface area contributed by atoms with Crippen LogP contribution in [0.2, 0.25) is 0 Å². The second-order valence-electron chi connectivity index (χ2n) is 8.05. The second-order valence-corrected chi connectivity index (χ2v) is 8.05. The van der Waals surface area contributed by atoms with E-state index < -0.39 is 0 Å². The molecule has 2 aliphatic carbocycles. The van der Waals surface area contributed by atoms with Gasteiger partial charge in [0.15, 0.2) is 11.5 Å². The van der Waals surface area contributed by atoms with Crippen LogP contribution in [0.3, 0.4) is 0 Å². The lowest BCUT2D eigenvalue weighted by Gasteiger charge is -2.32. The van der Waals surface area contributed by atoms with Crippen LogP contribution in [0.5, 0.6) is 0 Å². The summed E-state index contributed by atoms with van der Waals surface area (Å²) in [7, 11) is 0. The third-order valence-corrected chi connectivity index (χ3v) is 6.05. The summed E-state index contributed by atoms with van der Waals surface area (Å²) in [5.74, 6) is 1.46. The summed E-state index contributed by atoms with van der Waals surface area (Å²) in [5.41, 5.74) is 4.11. The first kappa shape index (κ1) is 18.4. The van der Waals surface area contributed by atoms with Gasteiger partial charge in [-0.1, -0.05) is 19.3 Å². The zero-order chi connectivity index (χ0) is 19.5. The Morgan fingerprint density at radius 3 is 2.69 bits per heavy atom. The lowest BCUT2D eigenvalue weighted by Crippen LogP contribution is -2.36. The largest absolute Gasteiger partial charge is 0.378 e. The minimum absolute atomic E-state index is 0.478. The van der Waals surface area contributed by atoms with Crippen molar-refractivity contribution < 1.29 is 4.74 Å². The van der Waals surface area contributed by atoms with Crippen molar-refractivity contribution in [3.63, 3.8) is 0 Å². The Hall–Kier alpha value is -2.61. The van der Waals surface area contributed by atoms with Crippen molar-refractivity contribution in [1.29, 1.82) is 0 Å². The van der Waals surface area contributed by atoms with Gasteiger partial charge >= 0.3 is 0 Å². The molecule has 0 aromatic carbocycles. The van der Waals surface area contributed by atoms with Crippen LogP contribution in [0.25, 0.3) is 11.2 Å². The van der Waals surface area contributed by atoms with Crippen LogP contribution in [0.1, 0.15) is 44.9 Å². The van der Waals surface area contributed by atoms with Crippen LogP contribution in [-0.2, 0) is 4.74 Å². The van der Waals surface area contributed by atoms with Gasteiger partial charge in [0.25, 0.3) is 0 Å². The molecule has 0 radical (unpaired) electrons. The van der Waals surface area contributed by atoms with E-state index in [1.807, 2.05) is 0 Å². The lowest BCUT2D eigenvalue weighted by atomic mass is 9.95. The summed E-state index contributed by atoms with van der Waals surface area (Å²) in [5, 5.41) is 7.05. The molecular formula is C21H29N7O. The molecule has 2 fully saturated rings. The summed E-state index contributed by atoms with van der Waals surface area (Å²) in [6.45, 7) is 3.61. The fraction of sp³-hybridized carbons (Fsp3) is 0.571. The fourth-order valence-corrected chi connectivity index (χ4v) is 4.42. The molecule has 154 valence electrons. The first-order valence-electron chi connectivity index (χ1n) is 10.8. The molecule has 5 rings (SSSR count). The number of aromatic nitrogens is 4. The maximum Gasteiger partial charge on any atom is 0.231 e. The maximum atomic E-state index is 5.46.